The molecule has 5 rings (SSSR count). The van der Waals surface area contributed by atoms with E-state index < -0.39 is 5.97 Å². The summed E-state index contributed by atoms with van der Waals surface area (Å²) in [5.41, 5.74) is 3.86. The smallest absolute Gasteiger partial charge is 0.335 e. The average molecular weight is 456 g/mol. The SMILES string of the molecule is O=C(O)c1ccc2c(-c3ccccc3)cn(CCCCNC(=O)c3ccc4c(c3)OCO4)c2c1. The number of ether oxygens (including phenoxy) is 2. The van der Waals surface area contributed by atoms with Crippen LogP contribution in [0.25, 0.3) is 22.0 Å². The van der Waals surface area contributed by atoms with E-state index in [-0.39, 0.29) is 18.3 Å². The van der Waals surface area contributed by atoms with Gasteiger partial charge in [0.15, 0.2) is 11.5 Å². The quantitative estimate of drug-likeness (QED) is 0.367. The van der Waals surface area contributed by atoms with Crippen LogP contribution in [0.1, 0.15) is 33.6 Å². The summed E-state index contributed by atoms with van der Waals surface area (Å²) in [6, 6.07) is 20.5. The maximum Gasteiger partial charge on any atom is 0.335 e. The summed E-state index contributed by atoms with van der Waals surface area (Å²) < 4.78 is 12.7. The summed E-state index contributed by atoms with van der Waals surface area (Å²) in [4.78, 5) is 24.0. The molecule has 1 aromatic heterocycles. The number of nitrogens with zero attached hydrogens (tertiary/aromatic N) is 1. The van der Waals surface area contributed by atoms with E-state index in [1.54, 1.807) is 30.3 Å². The molecule has 0 spiro atoms. The number of amides is 1. The van der Waals surface area contributed by atoms with Gasteiger partial charge in [0.1, 0.15) is 0 Å². The van der Waals surface area contributed by atoms with Crippen molar-refractivity contribution in [1.29, 1.82) is 0 Å². The Balaban J connectivity index is 1.25. The highest BCUT2D eigenvalue weighted by atomic mass is 16.7. The maximum atomic E-state index is 12.4. The molecule has 1 aliphatic rings. The lowest BCUT2D eigenvalue weighted by molar-refractivity contribution is 0.0696. The lowest BCUT2D eigenvalue weighted by Gasteiger charge is -2.08. The number of carbonyl (C=O) groups excluding carboxylic acids is 1. The number of benzene rings is 3. The third-order valence-electron chi connectivity index (χ3n) is 5.96. The molecule has 0 aliphatic carbocycles. The van der Waals surface area contributed by atoms with Crippen molar-refractivity contribution < 1.29 is 24.2 Å². The highest BCUT2D eigenvalue weighted by Gasteiger charge is 2.16. The fourth-order valence-electron chi connectivity index (χ4n) is 4.21. The van der Waals surface area contributed by atoms with Gasteiger partial charge in [-0.2, -0.15) is 0 Å². The second kappa shape index (κ2) is 9.31. The van der Waals surface area contributed by atoms with Crippen LogP contribution >= 0.6 is 0 Å². The number of aromatic nitrogens is 1. The van der Waals surface area contributed by atoms with Gasteiger partial charge in [-0.25, -0.2) is 4.79 Å². The van der Waals surface area contributed by atoms with E-state index in [0.717, 1.165) is 34.9 Å². The number of rotatable bonds is 8. The van der Waals surface area contributed by atoms with E-state index in [9.17, 15) is 14.7 Å². The summed E-state index contributed by atoms with van der Waals surface area (Å²) in [5.74, 6) is 0.142. The molecule has 0 saturated heterocycles. The molecule has 7 heteroatoms. The maximum absolute atomic E-state index is 12.4. The van der Waals surface area contributed by atoms with Crippen molar-refractivity contribution in [3.05, 3.63) is 84.1 Å². The largest absolute Gasteiger partial charge is 0.478 e. The van der Waals surface area contributed by atoms with Crippen molar-refractivity contribution in [3.63, 3.8) is 0 Å². The van der Waals surface area contributed by atoms with E-state index in [1.165, 1.54) is 0 Å². The first-order valence-corrected chi connectivity index (χ1v) is 11.2. The van der Waals surface area contributed by atoms with Crippen LogP contribution in [-0.4, -0.2) is 34.9 Å². The molecule has 1 aliphatic heterocycles. The van der Waals surface area contributed by atoms with Gasteiger partial charge >= 0.3 is 5.97 Å². The lowest BCUT2D eigenvalue weighted by Crippen LogP contribution is -2.24. The number of hydrogen-bond donors (Lipinski definition) is 2. The van der Waals surface area contributed by atoms with Crippen molar-refractivity contribution >= 4 is 22.8 Å². The molecule has 0 radical (unpaired) electrons. The summed E-state index contributed by atoms with van der Waals surface area (Å²) in [7, 11) is 0. The van der Waals surface area contributed by atoms with Crippen LogP contribution < -0.4 is 14.8 Å². The molecule has 3 aromatic carbocycles. The minimum Gasteiger partial charge on any atom is -0.478 e. The van der Waals surface area contributed by atoms with Gasteiger partial charge in [0.2, 0.25) is 6.79 Å². The summed E-state index contributed by atoms with van der Waals surface area (Å²) in [5, 5.41) is 13.4. The van der Waals surface area contributed by atoms with Gasteiger partial charge in [-0.15, -0.1) is 0 Å². The Morgan fingerprint density at radius 2 is 1.71 bits per heavy atom. The first-order valence-electron chi connectivity index (χ1n) is 11.2. The molecule has 2 heterocycles. The third kappa shape index (κ3) is 4.32. The Kier molecular flexibility index (Phi) is 5.91. The molecule has 0 bridgehead atoms. The highest BCUT2D eigenvalue weighted by Crippen LogP contribution is 2.33. The van der Waals surface area contributed by atoms with E-state index in [0.29, 0.717) is 30.2 Å². The van der Waals surface area contributed by atoms with Gasteiger partial charge in [0.25, 0.3) is 5.91 Å². The standard InChI is InChI=1S/C27H24N2O5/c30-26(19-9-11-24-25(15-19)34-17-33-24)28-12-4-5-13-29-16-22(18-6-2-1-3-7-18)21-10-8-20(27(31)32)14-23(21)29/h1-3,6-11,14-16H,4-5,12-13,17H2,(H,28,30)(H,31,32). The normalized spacial score (nSPS) is 12.1. The van der Waals surface area contributed by atoms with Crippen LogP contribution in [0.3, 0.4) is 0 Å². The van der Waals surface area contributed by atoms with Gasteiger partial charge in [-0.1, -0.05) is 36.4 Å². The van der Waals surface area contributed by atoms with Crippen molar-refractivity contribution in [2.45, 2.75) is 19.4 Å². The topological polar surface area (TPSA) is 89.8 Å². The van der Waals surface area contributed by atoms with E-state index in [1.807, 2.05) is 24.3 Å². The summed E-state index contributed by atoms with van der Waals surface area (Å²) in [6.07, 6.45) is 3.70. The first kappa shape index (κ1) is 21.6. The van der Waals surface area contributed by atoms with Crippen molar-refractivity contribution in [3.8, 4) is 22.6 Å². The second-order valence-electron chi connectivity index (χ2n) is 8.17. The molecule has 4 aromatic rings. The molecule has 2 N–H and O–H groups in total. The van der Waals surface area contributed by atoms with Crippen LogP contribution in [0.2, 0.25) is 0 Å². The van der Waals surface area contributed by atoms with Crippen molar-refractivity contribution in [2.75, 3.05) is 13.3 Å². The number of hydrogen-bond acceptors (Lipinski definition) is 4. The highest BCUT2D eigenvalue weighted by molar-refractivity contribution is 6.00. The van der Waals surface area contributed by atoms with Crippen LogP contribution in [0.5, 0.6) is 11.5 Å². The van der Waals surface area contributed by atoms with Gasteiger partial charge in [-0.05, 0) is 48.7 Å². The van der Waals surface area contributed by atoms with E-state index in [4.69, 9.17) is 9.47 Å². The van der Waals surface area contributed by atoms with Crippen molar-refractivity contribution in [2.24, 2.45) is 0 Å². The number of aryl methyl sites for hydroxylation is 1. The number of unbranched alkanes of at least 4 members (excludes halogenated alkanes) is 1. The zero-order chi connectivity index (χ0) is 23.5. The molecular formula is C27H24N2O5. The van der Waals surface area contributed by atoms with Crippen molar-refractivity contribution in [1.82, 2.24) is 9.88 Å². The predicted molar refractivity (Wildman–Crippen MR) is 128 cm³/mol. The van der Waals surface area contributed by atoms with Gasteiger partial charge in [0, 0.05) is 41.3 Å². The molecule has 0 atom stereocenters. The number of aromatic carboxylic acids is 1. The van der Waals surface area contributed by atoms with Crippen LogP contribution in [0, 0.1) is 0 Å². The second-order valence-corrected chi connectivity index (χ2v) is 8.17. The molecule has 0 fully saturated rings. The number of nitrogens with one attached hydrogen (secondary N) is 1. The van der Waals surface area contributed by atoms with Crippen LogP contribution in [0.4, 0.5) is 0 Å². The minimum absolute atomic E-state index is 0.151. The van der Waals surface area contributed by atoms with E-state index in [2.05, 4.69) is 28.2 Å². The monoisotopic (exact) mass is 456 g/mol. The lowest BCUT2D eigenvalue weighted by atomic mass is 10.0. The Morgan fingerprint density at radius 1 is 0.912 bits per heavy atom. The zero-order valence-corrected chi connectivity index (χ0v) is 18.5. The first-order chi connectivity index (χ1) is 16.6. The third-order valence-corrected chi connectivity index (χ3v) is 5.96. The fourth-order valence-corrected chi connectivity index (χ4v) is 4.21. The Morgan fingerprint density at radius 3 is 2.53 bits per heavy atom. The molecule has 0 unspecified atom stereocenters. The number of carbonyl (C=O) groups is 2. The van der Waals surface area contributed by atoms with E-state index >= 15 is 0 Å². The van der Waals surface area contributed by atoms with Crippen LogP contribution in [-0.2, 0) is 6.54 Å². The zero-order valence-electron chi connectivity index (χ0n) is 18.5. The molecule has 172 valence electrons. The number of fused-ring (bicyclic) bond motifs is 2. The Hall–Kier alpha value is -4.26. The molecule has 0 saturated carbocycles. The van der Waals surface area contributed by atoms with Gasteiger partial charge < -0.3 is 24.5 Å². The molecule has 34 heavy (non-hydrogen) atoms. The van der Waals surface area contributed by atoms with Crippen LogP contribution in [0.15, 0.2) is 72.9 Å². The van der Waals surface area contributed by atoms with Gasteiger partial charge in [0.05, 0.1) is 5.56 Å². The Bertz CT molecular complexity index is 1360. The molecule has 1 amide bonds. The predicted octanol–water partition coefficient (Wildman–Crippen LogP) is 4.95. The fraction of sp³-hybridized carbons (Fsp3) is 0.185. The average Bonchev–Trinajstić information content (AvgIpc) is 3.48. The van der Waals surface area contributed by atoms with Gasteiger partial charge in [-0.3, -0.25) is 4.79 Å². The minimum atomic E-state index is -0.942. The summed E-state index contributed by atoms with van der Waals surface area (Å²) in [6.45, 7) is 1.43. The number of carboxylic acids is 1. The molecular weight excluding hydrogens is 432 g/mol. The summed E-state index contributed by atoms with van der Waals surface area (Å²) >= 11 is 0. The molecule has 7 nitrogen and oxygen atoms in total. The number of carboxylic acid groups (broad SMARTS) is 1. The Labute approximate surface area is 196 Å².